The van der Waals surface area contributed by atoms with Crippen LogP contribution in [-0.4, -0.2) is 51.1 Å². The fourth-order valence-electron chi connectivity index (χ4n) is 1.09. The zero-order chi connectivity index (χ0) is 9.30. The van der Waals surface area contributed by atoms with E-state index in [4.69, 9.17) is 20.4 Å². The van der Waals surface area contributed by atoms with E-state index in [9.17, 15) is 4.79 Å². The zero-order valence-electron chi connectivity index (χ0n) is 6.16. The van der Waals surface area contributed by atoms with Crippen molar-refractivity contribution in [3.63, 3.8) is 0 Å². The topological polar surface area (TPSA) is 98.0 Å². The summed E-state index contributed by atoms with van der Waals surface area (Å²) in [6.45, 7) is 0. The van der Waals surface area contributed by atoms with Gasteiger partial charge in [0.1, 0.15) is 30.7 Å². The van der Waals surface area contributed by atoms with Crippen LogP contribution in [0.5, 0.6) is 0 Å². The number of carbonyl (C=O) groups is 1. The lowest BCUT2D eigenvalue weighted by molar-refractivity contribution is -0.113. The van der Waals surface area contributed by atoms with E-state index < -0.39 is 24.4 Å². The Hall–Kier alpha value is -0.750. The minimum atomic E-state index is -1.51. The van der Waals surface area contributed by atoms with Crippen LogP contribution >= 0.6 is 0 Å². The molecule has 0 aromatic rings. The normalized spacial score (nSPS) is 42.2. The molecule has 0 fully saturated rings. The monoisotopic (exact) mass is 174 g/mol. The van der Waals surface area contributed by atoms with Crippen molar-refractivity contribution < 1.29 is 25.2 Å². The predicted octanol–water partition coefficient (Wildman–Crippen LogP) is -2.43. The molecule has 0 heterocycles. The first-order chi connectivity index (χ1) is 5.57. The summed E-state index contributed by atoms with van der Waals surface area (Å²) < 4.78 is 0. The van der Waals surface area contributed by atoms with E-state index in [1.54, 1.807) is 0 Å². The van der Waals surface area contributed by atoms with Crippen molar-refractivity contribution >= 4 is 6.29 Å². The molecule has 0 saturated carbocycles. The van der Waals surface area contributed by atoms with Gasteiger partial charge in [-0.1, -0.05) is 0 Å². The van der Waals surface area contributed by atoms with Gasteiger partial charge in [-0.3, -0.25) is 4.79 Å². The van der Waals surface area contributed by atoms with E-state index in [2.05, 4.69) is 0 Å². The maximum atomic E-state index is 10.2. The van der Waals surface area contributed by atoms with Crippen LogP contribution in [0, 0.1) is 0 Å². The van der Waals surface area contributed by atoms with Gasteiger partial charge in [-0.15, -0.1) is 0 Å². The van der Waals surface area contributed by atoms with Gasteiger partial charge in [0, 0.05) is 5.57 Å². The Bertz CT molecular complexity index is 212. The lowest BCUT2D eigenvalue weighted by Gasteiger charge is -2.30. The third kappa shape index (κ3) is 1.39. The average Bonchev–Trinajstić information content (AvgIpc) is 2.08. The molecule has 0 radical (unpaired) electrons. The summed E-state index contributed by atoms with van der Waals surface area (Å²) in [5.41, 5.74) is -0.111. The molecule has 4 N–H and O–H groups in total. The van der Waals surface area contributed by atoms with Crippen LogP contribution in [0.25, 0.3) is 0 Å². The van der Waals surface area contributed by atoms with Gasteiger partial charge in [0.05, 0.1) is 0 Å². The maximum absolute atomic E-state index is 10.2. The van der Waals surface area contributed by atoms with Gasteiger partial charge < -0.3 is 20.4 Å². The first-order valence-corrected chi connectivity index (χ1v) is 3.47. The Morgan fingerprint density at radius 3 is 2.25 bits per heavy atom. The predicted molar refractivity (Wildman–Crippen MR) is 38.2 cm³/mol. The van der Waals surface area contributed by atoms with E-state index >= 15 is 0 Å². The third-order valence-corrected chi connectivity index (χ3v) is 1.86. The molecule has 1 aliphatic carbocycles. The number of carbonyl (C=O) groups excluding carboxylic acids is 1. The highest BCUT2D eigenvalue weighted by Crippen LogP contribution is 2.18. The number of aliphatic hydroxyl groups excluding tert-OH is 4. The summed E-state index contributed by atoms with van der Waals surface area (Å²) in [7, 11) is 0. The number of hydrogen-bond donors (Lipinski definition) is 4. The smallest absolute Gasteiger partial charge is 0.148 e. The van der Waals surface area contributed by atoms with Gasteiger partial charge in [0.2, 0.25) is 0 Å². The van der Waals surface area contributed by atoms with Crippen molar-refractivity contribution in [3.05, 3.63) is 11.6 Å². The molecule has 5 nitrogen and oxygen atoms in total. The first-order valence-electron chi connectivity index (χ1n) is 3.47. The molecule has 12 heavy (non-hydrogen) atoms. The molecule has 68 valence electrons. The van der Waals surface area contributed by atoms with Crippen molar-refractivity contribution in [1.29, 1.82) is 0 Å². The minimum absolute atomic E-state index is 0.111. The molecule has 0 unspecified atom stereocenters. The maximum Gasteiger partial charge on any atom is 0.148 e. The molecule has 1 rings (SSSR count). The highest BCUT2D eigenvalue weighted by atomic mass is 16.4. The van der Waals surface area contributed by atoms with Gasteiger partial charge >= 0.3 is 0 Å². The van der Waals surface area contributed by atoms with E-state index in [0.717, 1.165) is 6.08 Å². The molecule has 0 aromatic carbocycles. The van der Waals surface area contributed by atoms with E-state index in [1.807, 2.05) is 0 Å². The molecule has 1 aliphatic rings. The Morgan fingerprint density at radius 1 is 1.17 bits per heavy atom. The summed E-state index contributed by atoms with van der Waals surface area (Å²) in [5, 5.41) is 36.2. The van der Waals surface area contributed by atoms with Gasteiger partial charge in [0.15, 0.2) is 0 Å². The van der Waals surface area contributed by atoms with Gasteiger partial charge in [-0.05, 0) is 6.08 Å². The Morgan fingerprint density at radius 2 is 1.75 bits per heavy atom. The Kier molecular flexibility index (Phi) is 2.58. The SMILES string of the molecule is O=CC1=C[C@H](O)[C@H](O)[C@@H](O)[C@H]1O. The molecular weight excluding hydrogens is 164 g/mol. The average molecular weight is 174 g/mol. The summed E-state index contributed by atoms with van der Waals surface area (Å²) in [5.74, 6) is 0. The molecule has 0 bridgehead atoms. The highest BCUT2D eigenvalue weighted by Gasteiger charge is 2.36. The molecular formula is C7H10O5. The van der Waals surface area contributed by atoms with Crippen molar-refractivity contribution in [3.8, 4) is 0 Å². The number of rotatable bonds is 1. The molecule has 0 spiro atoms. The molecule has 0 aromatic heterocycles. The summed E-state index contributed by atoms with van der Waals surface area (Å²) >= 11 is 0. The minimum Gasteiger partial charge on any atom is -0.387 e. The lowest BCUT2D eigenvalue weighted by Crippen LogP contribution is -2.48. The fourth-order valence-corrected chi connectivity index (χ4v) is 1.09. The van der Waals surface area contributed by atoms with E-state index in [1.165, 1.54) is 0 Å². The largest absolute Gasteiger partial charge is 0.387 e. The Labute approximate surface area is 68.6 Å². The molecule has 0 amide bonds. The summed E-state index contributed by atoms with van der Waals surface area (Å²) in [6, 6.07) is 0. The summed E-state index contributed by atoms with van der Waals surface area (Å²) in [6.07, 6.45) is -4.31. The van der Waals surface area contributed by atoms with Crippen LogP contribution in [0.4, 0.5) is 0 Å². The zero-order valence-corrected chi connectivity index (χ0v) is 6.16. The third-order valence-electron chi connectivity index (χ3n) is 1.86. The second-order valence-electron chi connectivity index (χ2n) is 2.70. The Balaban J connectivity index is 2.91. The number of aliphatic hydroxyl groups is 4. The molecule has 4 atom stereocenters. The van der Waals surface area contributed by atoms with E-state index in [0.29, 0.717) is 6.29 Å². The lowest BCUT2D eigenvalue weighted by atomic mass is 9.90. The van der Waals surface area contributed by atoms with E-state index in [-0.39, 0.29) is 5.57 Å². The van der Waals surface area contributed by atoms with Crippen LogP contribution in [0.1, 0.15) is 0 Å². The van der Waals surface area contributed by atoms with Crippen LogP contribution in [0.2, 0.25) is 0 Å². The second-order valence-corrected chi connectivity index (χ2v) is 2.70. The van der Waals surface area contributed by atoms with Crippen LogP contribution in [0.15, 0.2) is 11.6 Å². The van der Waals surface area contributed by atoms with Gasteiger partial charge in [-0.2, -0.15) is 0 Å². The van der Waals surface area contributed by atoms with Crippen LogP contribution in [0.3, 0.4) is 0 Å². The van der Waals surface area contributed by atoms with Crippen molar-refractivity contribution in [2.24, 2.45) is 0 Å². The number of hydrogen-bond acceptors (Lipinski definition) is 5. The van der Waals surface area contributed by atoms with Crippen molar-refractivity contribution in [2.75, 3.05) is 0 Å². The summed E-state index contributed by atoms with van der Waals surface area (Å²) in [4.78, 5) is 10.2. The quantitative estimate of drug-likeness (QED) is 0.331. The fraction of sp³-hybridized carbons (Fsp3) is 0.571. The van der Waals surface area contributed by atoms with Crippen LogP contribution < -0.4 is 0 Å². The molecule has 5 heteroatoms. The second kappa shape index (κ2) is 3.32. The first kappa shape index (κ1) is 9.34. The standard InChI is InChI=1S/C7H10O5/c8-2-3-1-4(9)6(11)7(12)5(3)10/h1-2,4-7,9-12H/t4-,5-,6-,7-/m0/s1. The van der Waals surface area contributed by atoms with Crippen LogP contribution in [-0.2, 0) is 4.79 Å². The van der Waals surface area contributed by atoms with Gasteiger partial charge in [-0.25, -0.2) is 0 Å². The van der Waals surface area contributed by atoms with Crippen molar-refractivity contribution in [2.45, 2.75) is 24.4 Å². The van der Waals surface area contributed by atoms with Crippen molar-refractivity contribution in [1.82, 2.24) is 0 Å². The molecule has 0 saturated heterocycles. The van der Waals surface area contributed by atoms with Gasteiger partial charge in [0.25, 0.3) is 0 Å². The number of aldehydes is 1. The highest BCUT2D eigenvalue weighted by molar-refractivity contribution is 5.75. The molecule has 0 aliphatic heterocycles.